The van der Waals surface area contributed by atoms with Crippen LogP contribution in [0.1, 0.15) is 28.8 Å². The molecular formula is C21H19BrFN3O. The lowest BCUT2D eigenvalue weighted by atomic mass is 10.1. The number of nitrogens with one attached hydrogen (secondary N) is 1. The van der Waals surface area contributed by atoms with Gasteiger partial charge in [-0.3, -0.25) is 14.7 Å². The van der Waals surface area contributed by atoms with Gasteiger partial charge in [0.2, 0.25) is 0 Å². The Morgan fingerprint density at radius 2 is 1.89 bits per heavy atom. The van der Waals surface area contributed by atoms with E-state index in [0.717, 1.165) is 35.1 Å². The Morgan fingerprint density at radius 1 is 1.15 bits per heavy atom. The maximum Gasteiger partial charge on any atom is 0.255 e. The quantitative estimate of drug-likeness (QED) is 0.637. The number of hydrogen-bond donors (Lipinski definition) is 1. The van der Waals surface area contributed by atoms with E-state index >= 15 is 0 Å². The Morgan fingerprint density at radius 3 is 2.63 bits per heavy atom. The normalized spacial score (nSPS) is 14.6. The van der Waals surface area contributed by atoms with Crippen molar-refractivity contribution in [3.05, 3.63) is 70.1 Å². The van der Waals surface area contributed by atoms with Crippen molar-refractivity contribution in [2.75, 3.05) is 18.4 Å². The van der Waals surface area contributed by atoms with Crippen molar-refractivity contribution < 1.29 is 9.18 Å². The number of fused-ring (bicyclic) bond motifs is 1. The van der Waals surface area contributed by atoms with Gasteiger partial charge >= 0.3 is 0 Å². The molecule has 4 rings (SSSR count). The molecule has 2 heterocycles. The van der Waals surface area contributed by atoms with Gasteiger partial charge in [-0.25, -0.2) is 4.39 Å². The molecule has 0 aliphatic carbocycles. The zero-order valence-corrected chi connectivity index (χ0v) is 16.3. The summed E-state index contributed by atoms with van der Waals surface area (Å²) in [5, 5.41) is 3.38. The molecule has 138 valence electrons. The van der Waals surface area contributed by atoms with Crippen LogP contribution in [0.5, 0.6) is 0 Å². The molecule has 1 fully saturated rings. The van der Waals surface area contributed by atoms with Crippen LogP contribution in [0.2, 0.25) is 0 Å². The van der Waals surface area contributed by atoms with Gasteiger partial charge in [-0.15, -0.1) is 0 Å². The van der Waals surface area contributed by atoms with E-state index < -0.39 is 5.82 Å². The van der Waals surface area contributed by atoms with E-state index in [-0.39, 0.29) is 17.1 Å². The minimum atomic E-state index is -0.509. The number of likely N-dealkylation sites (tertiary alicyclic amines) is 1. The van der Waals surface area contributed by atoms with E-state index in [1.54, 1.807) is 42.6 Å². The van der Waals surface area contributed by atoms with Gasteiger partial charge in [0.1, 0.15) is 5.52 Å². The molecule has 4 nitrogen and oxygen atoms in total. The zero-order valence-electron chi connectivity index (χ0n) is 14.7. The van der Waals surface area contributed by atoms with Crippen LogP contribution in [0.25, 0.3) is 10.9 Å². The molecule has 0 bridgehead atoms. The molecule has 0 atom stereocenters. The fourth-order valence-corrected chi connectivity index (χ4v) is 3.65. The van der Waals surface area contributed by atoms with Crippen LogP contribution in [0.4, 0.5) is 10.1 Å². The summed E-state index contributed by atoms with van der Waals surface area (Å²) in [4.78, 5) is 19.0. The van der Waals surface area contributed by atoms with Crippen LogP contribution >= 0.6 is 15.9 Å². The number of pyridine rings is 1. The Kier molecular flexibility index (Phi) is 5.18. The van der Waals surface area contributed by atoms with Crippen LogP contribution < -0.4 is 5.32 Å². The van der Waals surface area contributed by atoms with Gasteiger partial charge < -0.3 is 5.32 Å². The maximum absolute atomic E-state index is 14.9. The predicted octanol–water partition coefficient (Wildman–Crippen LogP) is 4.98. The second kappa shape index (κ2) is 7.74. The van der Waals surface area contributed by atoms with Gasteiger partial charge in [0.15, 0.2) is 5.82 Å². The highest BCUT2D eigenvalue weighted by Gasteiger charge is 2.15. The second-order valence-electron chi connectivity index (χ2n) is 6.79. The molecular weight excluding hydrogens is 409 g/mol. The van der Waals surface area contributed by atoms with Gasteiger partial charge in [0.25, 0.3) is 5.91 Å². The molecule has 6 heteroatoms. The zero-order chi connectivity index (χ0) is 18.8. The molecule has 0 radical (unpaired) electrons. The molecule has 0 unspecified atom stereocenters. The van der Waals surface area contributed by atoms with Crippen molar-refractivity contribution in [1.82, 2.24) is 9.88 Å². The number of rotatable bonds is 4. The first-order valence-corrected chi connectivity index (χ1v) is 9.76. The van der Waals surface area contributed by atoms with Crippen molar-refractivity contribution >= 4 is 38.4 Å². The molecule has 2 aromatic carbocycles. The molecule has 1 N–H and O–H groups in total. The molecule has 1 saturated heterocycles. The van der Waals surface area contributed by atoms with Crippen LogP contribution in [0, 0.1) is 5.82 Å². The number of benzene rings is 2. The lowest BCUT2D eigenvalue weighted by Gasteiger charge is -2.15. The highest BCUT2D eigenvalue weighted by atomic mass is 79.9. The third-order valence-corrected chi connectivity index (χ3v) is 5.34. The Hall–Kier alpha value is -2.31. The number of halogens is 2. The Balaban J connectivity index is 1.56. The summed E-state index contributed by atoms with van der Waals surface area (Å²) in [5.41, 5.74) is 1.95. The Bertz CT molecular complexity index is 985. The van der Waals surface area contributed by atoms with E-state index in [4.69, 9.17) is 0 Å². The number of carbonyl (C=O) groups is 1. The third kappa shape index (κ3) is 4.01. The average molecular weight is 428 g/mol. The van der Waals surface area contributed by atoms with E-state index in [0.29, 0.717) is 5.56 Å². The van der Waals surface area contributed by atoms with E-state index in [9.17, 15) is 9.18 Å². The van der Waals surface area contributed by atoms with Gasteiger partial charge in [0.05, 0.1) is 5.69 Å². The van der Waals surface area contributed by atoms with Crippen molar-refractivity contribution in [2.24, 2.45) is 0 Å². The second-order valence-corrected chi connectivity index (χ2v) is 7.70. The first-order chi connectivity index (χ1) is 13.1. The number of aromatic nitrogens is 1. The minimum Gasteiger partial charge on any atom is -0.319 e. The van der Waals surface area contributed by atoms with Crippen molar-refractivity contribution in [3.63, 3.8) is 0 Å². The standard InChI is InChI=1S/C21H19BrFN3O/c22-17-6-3-15(4-7-17)21(27)25-18-8-5-16-11-14(12-24-20(16)19(18)23)13-26-9-1-2-10-26/h3-8,11-12H,1-2,9-10,13H2,(H,25,27). The first-order valence-electron chi connectivity index (χ1n) is 8.96. The molecule has 1 aliphatic rings. The summed E-state index contributed by atoms with van der Waals surface area (Å²) in [7, 11) is 0. The SMILES string of the molecule is O=C(Nc1ccc2cc(CN3CCCC3)cnc2c1F)c1ccc(Br)cc1. The lowest BCUT2D eigenvalue weighted by molar-refractivity contribution is 0.102. The fourth-order valence-electron chi connectivity index (χ4n) is 3.39. The summed E-state index contributed by atoms with van der Waals surface area (Å²) in [6.45, 7) is 3.05. The van der Waals surface area contributed by atoms with Gasteiger partial charge in [-0.1, -0.05) is 22.0 Å². The molecule has 3 aromatic rings. The van der Waals surface area contributed by atoms with Crippen molar-refractivity contribution in [2.45, 2.75) is 19.4 Å². The van der Waals surface area contributed by atoms with E-state index in [1.807, 2.05) is 6.07 Å². The molecule has 0 spiro atoms. The van der Waals surface area contributed by atoms with Gasteiger partial charge in [0, 0.05) is 28.2 Å². The highest BCUT2D eigenvalue weighted by molar-refractivity contribution is 9.10. The summed E-state index contributed by atoms with van der Waals surface area (Å²) in [5.74, 6) is -0.864. The number of nitrogens with zero attached hydrogens (tertiary/aromatic N) is 2. The van der Waals surface area contributed by atoms with Crippen molar-refractivity contribution in [1.29, 1.82) is 0 Å². The summed E-state index contributed by atoms with van der Waals surface area (Å²) in [6.07, 6.45) is 4.19. The summed E-state index contributed by atoms with van der Waals surface area (Å²) < 4.78 is 15.7. The minimum absolute atomic E-state index is 0.134. The van der Waals surface area contributed by atoms with Crippen LogP contribution in [0.15, 0.2) is 53.1 Å². The predicted molar refractivity (Wildman–Crippen MR) is 108 cm³/mol. The van der Waals surface area contributed by atoms with Crippen LogP contribution in [-0.4, -0.2) is 28.9 Å². The largest absolute Gasteiger partial charge is 0.319 e. The van der Waals surface area contributed by atoms with Crippen LogP contribution in [0.3, 0.4) is 0 Å². The van der Waals surface area contributed by atoms with E-state index in [2.05, 4.69) is 31.1 Å². The molecule has 1 amide bonds. The highest BCUT2D eigenvalue weighted by Crippen LogP contribution is 2.25. The summed E-state index contributed by atoms with van der Waals surface area (Å²) >= 11 is 3.33. The van der Waals surface area contributed by atoms with Gasteiger partial charge in [-0.2, -0.15) is 0 Å². The number of hydrogen-bond acceptors (Lipinski definition) is 3. The third-order valence-electron chi connectivity index (χ3n) is 4.81. The van der Waals surface area contributed by atoms with Crippen LogP contribution in [-0.2, 0) is 6.54 Å². The van der Waals surface area contributed by atoms with Crippen molar-refractivity contribution in [3.8, 4) is 0 Å². The topological polar surface area (TPSA) is 45.2 Å². The number of amides is 1. The molecule has 0 saturated carbocycles. The molecule has 1 aromatic heterocycles. The smallest absolute Gasteiger partial charge is 0.255 e. The number of anilines is 1. The number of carbonyl (C=O) groups excluding carboxylic acids is 1. The first kappa shape index (κ1) is 18.1. The molecule has 27 heavy (non-hydrogen) atoms. The molecule has 1 aliphatic heterocycles. The van der Waals surface area contributed by atoms with Gasteiger partial charge in [-0.05, 0) is 67.9 Å². The lowest BCUT2D eigenvalue weighted by Crippen LogP contribution is -2.18. The summed E-state index contributed by atoms with van der Waals surface area (Å²) in [6, 6.07) is 12.3. The fraction of sp³-hybridized carbons (Fsp3) is 0.238. The van der Waals surface area contributed by atoms with E-state index in [1.165, 1.54) is 12.8 Å². The Labute approximate surface area is 165 Å². The average Bonchev–Trinajstić information content (AvgIpc) is 3.17. The maximum atomic E-state index is 14.9. The monoisotopic (exact) mass is 427 g/mol.